The number of nitrogens with one attached hydrogen (secondary N) is 2. The number of hydrogen-bond acceptors (Lipinski definition) is 3. The Bertz CT molecular complexity index is 851. The highest BCUT2D eigenvalue weighted by atomic mass is 35.5. The van der Waals surface area contributed by atoms with Gasteiger partial charge in [-0.2, -0.15) is 0 Å². The van der Waals surface area contributed by atoms with Crippen LogP contribution in [0, 0.1) is 6.92 Å². The van der Waals surface area contributed by atoms with Crippen LogP contribution >= 0.6 is 11.6 Å². The fourth-order valence-corrected chi connectivity index (χ4v) is 3.39. The van der Waals surface area contributed by atoms with Gasteiger partial charge in [0.1, 0.15) is 0 Å². The van der Waals surface area contributed by atoms with Crippen LogP contribution in [0.5, 0.6) is 0 Å². The van der Waals surface area contributed by atoms with Gasteiger partial charge in [-0.25, -0.2) is 8.42 Å². The molecule has 24 heavy (non-hydrogen) atoms. The highest BCUT2D eigenvalue weighted by Crippen LogP contribution is 2.23. The summed E-state index contributed by atoms with van der Waals surface area (Å²) < 4.78 is 27.6. The maximum atomic E-state index is 12.6. The number of aryl methyl sites for hydroxylation is 1. The first-order valence-corrected chi connectivity index (χ1v) is 9.37. The van der Waals surface area contributed by atoms with Crippen molar-refractivity contribution in [3.63, 3.8) is 0 Å². The molecule has 0 bridgehead atoms. The van der Waals surface area contributed by atoms with Crippen molar-refractivity contribution >= 4 is 33.2 Å². The largest absolute Gasteiger partial charge is 0.352 e. The molecule has 2 aromatic rings. The van der Waals surface area contributed by atoms with Crippen LogP contribution in [0.2, 0.25) is 5.02 Å². The molecule has 0 saturated carbocycles. The van der Waals surface area contributed by atoms with Crippen molar-refractivity contribution in [3.8, 4) is 0 Å². The molecule has 2 N–H and O–H groups in total. The van der Waals surface area contributed by atoms with Crippen LogP contribution in [0.25, 0.3) is 0 Å². The summed E-state index contributed by atoms with van der Waals surface area (Å²) in [6, 6.07) is 10.9. The SMILES string of the molecule is CCCNC(=O)c1cccc(S(=O)(=O)Nc2cc(Cl)ccc2C)c1. The van der Waals surface area contributed by atoms with Crippen molar-refractivity contribution in [3.05, 3.63) is 58.6 Å². The van der Waals surface area contributed by atoms with E-state index < -0.39 is 10.0 Å². The molecular weight excluding hydrogens is 348 g/mol. The Morgan fingerprint density at radius 2 is 1.92 bits per heavy atom. The molecule has 0 unspecified atom stereocenters. The molecule has 0 heterocycles. The summed E-state index contributed by atoms with van der Waals surface area (Å²) in [5.41, 5.74) is 1.46. The Morgan fingerprint density at radius 3 is 2.62 bits per heavy atom. The quantitative estimate of drug-likeness (QED) is 0.820. The number of rotatable bonds is 6. The summed E-state index contributed by atoms with van der Waals surface area (Å²) in [5.74, 6) is -0.298. The van der Waals surface area contributed by atoms with Gasteiger partial charge in [0.25, 0.3) is 15.9 Å². The van der Waals surface area contributed by atoms with Crippen molar-refractivity contribution in [2.24, 2.45) is 0 Å². The van der Waals surface area contributed by atoms with E-state index in [1.807, 2.05) is 6.92 Å². The summed E-state index contributed by atoms with van der Waals surface area (Å²) >= 11 is 5.92. The zero-order chi connectivity index (χ0) is 17.7. The lowest BCUT2D eigenvalue weighted by Gasteiger charge is -2.12. The zero-order valence-electron chi connectivity index (χ0n) is 13.5. The van der Waals surface area contributed by atoms with Crippen LogP contribution in [-0.4, -0.2) is 20.9 Å². The maximum Gasteiger partial charge on any atom is 0.261 e. The fourth-order valence-electron chi connectivity index (χ4n) is 2.05. The van der Waals surface area contributed by atoms with E-state index in [0.29, 0.717) is 22.8 Å². The van der Waals surface area contributed by atoms with Gasteiger partial charge in [-0.3, -0.25) is 9.52 Å². The predicted molar refractivity (Wildman–Crippen MR) is 96.1 cm³/mol. The number of halogens is 1. The lowest BCUT2D eigenvalue weighted by Crippen LogP contribution is -2.24. The monoisotopic (exact) mass is 366 g/mol. The van der Waals surface area contributed by atoms with E-state index in [0.717, 1.165) is 12.0 Å². The predicted octanol–water partition coefficient (Wildman–Crippen LogP) is 3.59. The van der Waals surface area contributed by atoms with Crippen molar-refractivity contribution in [1.29, 1.82) is 0 Å². The van der Waals surface area contributed by atoms with Gasteiger partial charge in [0.2, 0.25) is 0 Å². The van der Waals surface area contributed by atoms with Gasteiger partial charge < -0.3 is 5.32 Å². The van der Waals surface area contributed by atoms with Crippen molar-refractivity contribution in [2.75, 3.05) is 11.3 Å². The number of benzene rings is 2. The van der Waals surface area contributed by atoms with E-state index in [-0.39, 0.29) is 10.8 Å². The Morgan fingerprint density at radius 1 is 1.17 bits per heavy atom. The Balaban J connectivity index is 2.29. The van der Waals surface area contributed by atoms with Gasteiger partial charge in [0.15, 0.2) is 0 Å². The third-order valence-corrected chi connectivity index (χ3v) is 4.98. The highest BCUT2D eigenvalue weighted by Gasteiger charge is 2.17. The molecule has 0 spiro atoms. The van der Waals surface area contributed by atoms with Crippen LogP contribution in [0.3, 0.4) is 0 Å². The number of hydrogen-bond donors (Lipinski definition) is 2. The number of carbonyl (C=O) groups excluding carboxylic acids is 1. The molecule has 0 aliphatic rings. The standard InChI is InChI=1S/C17H19ClN2O3S/c1-3-9-19-17(21)13-5-4-6-15(10-13)24(22,23)20-16-11-14(18)8-7-12(16)2/h4-8,10-11,20H,3,9H2,1-2H3,(H,19,21). The van der Waals surface area contributed by atoms with Crippen LogP contribution in [0.4, 0.5) is 5.69 Å². The minimum absolute atomic E-state index is 0.0195. The average Bonchev–Trinajstić information content (AvgIpc) is 2.56. The minimum atomic E-state index is -3.82. The topological polar surface area (TPSA) is 75.3 Å². The molecule has 2 rings (SSSR count). The molecular formula is C17H19ClN2O3S. The molecule has 0 aliphatic heterocycles. The molecule has 2 aromatic carbocycles. The number of amides is 1. The fraction of sp³-hybridized carbons (Fsp3) is 0.235. The third-order valence-electron chi connectivity index (χ3n) is 3.39. The molecule has 0 aliphatic carbocycles. The van der Waals surface area contributed by atoms with Gasteiger partial charge in [-0.05, 0) is 49.2 Å². The second-order valence-corrected chi connectivity index (χ2v) is 7.47. The van der Waals surface area contributed by atoms with Gasteiger partial charge in [0, 0.05) is 17.1 Å². The average molecular weight is 367 g/mol. The van der Waals surface area contributed by atoms with E-state index >= 15 is 0 Å². The van der Waals surface area contributed by atoms with Crippen molar-refractivity contribution in [2.45, 2.75) is 25.2 Å². The van der Waals surface area contributed by atoms with Crippen molar-refractivity contribution in [1.82, 2.24) is 5.32 Å². The second kappa shape index (κ2) is 7.68. The molecule has 5 nitrogen and oxygen atoms in total. The summed E-state index contributed by atoms with van der Waals surface area (Å²) in [4.78, 5) is 12.0. The van der Waals surface area contributed by atoms with E-state index in [4.69, 9.17) is 11.6 Å². The van der Waals surface area contributed by atoms with Crippen LogP contribution in [0.15, 0.2) is 47.4 Å². The Labute approximate surface area is 147 Å². The molecule has 0 fully saturated rings. The molecule has 0 saturated heterocycles. The summed E-state index contributed by atoms with van der Waals surface area (Å²) in [5, 5.41) is 3.16. The highest BCUT2D eigenvalue weighted by molar-refractivity contribution is 7.92. The van der Waals surface area contributed by atoms with Gasteiger partial charge in [0.05, 0.1) is 10.6 Å². The maximum absolute atomic E-state index is 12.6. The normalized spacial score (nSPS) is 11.1. The molecule has 7 heteroatoms. The second-order valence-electron chi connectivity index (χ2n) is 5.35. The molecule has 0 atom stereocenters. The van der Waals surface area contributed by atoms with E-state index in [1.165, 1.54) is 12.1 Å². The lowest BCUT2D eigenvalue weighted by atomic mass is 10.2. The van der Waals surface area contributed by atoms with Crippen molar-refractivity contribution < 1.29 is 13.2 Å². The Kier molecular flexibility index (Phi) is 5.85. The number of carbonyl (C=O) groups is 1. The first-order valence-electron chi connectivity index (χ1n) is 7.50. The number of anilines is 1. The van der Waals surface area contributed by atoms with E-state index in [2.05, 4.69) is 10.0 Å². The minimum Gasteiger partial charge on any atom is -0.352 e. The summed E-state index contributed by atoms with van der Waals surface area (Å²) in [6.07, 6.45) is 0.805. The van der Waals surface area contributed by atoms with Gasteiger partial charge in [-0.15, -0.1) is 0 Å². The lowest BCUT2D eigenvalue weighted by molar-refractivity contribution is 0.0953. The summed E-state index contributed by atoms with van der Waals surface area (Å²) in [7, 11) is -3.82. The molecule has 128 valence electrons. The Hall–Kier alpha value is -2.05. The number of sulfonamides is 1. The van der Waals surface area contributed by atoms with E-state index in [1.54, 1.807) is 37.3 Å². The molecule has 1 amide bonds. The summed E-state index contributed by atoms with van der Waals surface area (Å²) in [6.45, 7) is 4.26. The van der Waals surface area contributed by atoms with Crippen LogP contribution in [0.1, 0.15) is 29.3 Å². The van der Waals surface area contributed by atoms with Gasteiger partial charge >= 0.3 is 0 Å². The molecule has 0 radical (unpaired) electrons. The zero-order valence-corrected chi connectivity index (χ0v) is 15.0. The van der Waals surface area contributed by atoms with Gasteiger partial charge in [-0.1, -0.05) is 30.7 Å². The molecule has 0 aromatic heterocycles. The first kappa shape index (κ1) is 18.3. The third kappa shape index (κ3) is 4.49. The van der Waals surface area contributed by atoms with E-state index in [9.17, 15) is 13.2 Å². The van der Waals surface area contributed by atoms with Crippen LogP contribution < -0.4 is 10.0 Å². The van der Waals surface area contributed by atoms with Crippen LogP contribution in [-0.2, 0) is 10.0 Å². The smallest absolute Gasteiger partial charge is 0.261 e. The first-order chi connectivity index (χ1) is 11.3.